The van der Waals surface area contributed by atoms with Crippen molar-refractivity contribution in [3.05, 3.63) is 186 Å². The number of nitrogens with zero attached hydrogens (tertiary/aromatic N) is 1. The molecule has 0 atom stereocenters. The van der Waals surface area contributed by atoms with E-state index >= 15 is 0 Å². The Morgan fingerprint density at radius 2 is 1.16 bits per heavy atom. The van der Waals surface area contributed by atoms with Crippen LogP contribution >= 0.6 is 23.5 Å². The van der Waals surface area contributed by atoms with Gasteiger partial charge in [0.25, 0.3) is 0 Å². The van der Waals surface area contributed by atoms with Crippen molar-refractivity contribution < 1.29 is 9.47 Å². The zero-order valence-corrected chi connectivity index (χ0v) is 32.2. The topological polar surface area (TPSA) is 31.4 Å². The highest BCUT2D eigenvalue weighted by Crippen LogP contribution is 2.20. The fourth-order valence-electron chi connectivity index (χ4n) is 3.83. The third-order valence-electron chi connectivity index (χ3n) is 6.82. The number of allylic oxidation sites excluding steroid dienone is 2. The van der Waals surface area contributed by atoms with Gasteiger partial charge in [0.05, 0.1) is 0 Å². The Kier molecular flexibility index (Phi) is 21.3. The molecular formula is C45H53NO2S2. The lowest BCUT2D eigenvalue weighted by atomic mass is 10.2. The van der Waals surface area contributed by atoms with E-state index in [4.69, 9.17) is 9.47 Å². The van der Waals surface area contributed by atoms with Crippen LogP contribution < -0.4 is 9.47 Å². The van der Waals surface area contributed by atoms with Gasteiger partial charge in [-0.3, -0.25) is 4.98 Å². The highest BCUT2D eigenvalue weighted by molar-refractivity contribution is 7.99. The fraction of sp³-hybridized carbons (Fsp3) is 0.222. The molecule has 0 unspecified atom stereocenters. The predicted octanol–water partition coefficient (Wildman–Crippen LogP) is 12.9. The zero-order chi connectivity index (χ0) is 36.4. The predicted molar refractivity (Wildman–Crippen MR) is 220 cm³/mol. The van der Waals surface area contributed by atoms with Gasteiger partial charge in [0.1, 0.15) is 24.7 Å². The standard InChI is InChI=1S/C13H13NO.C12H14S.C11H14O.C9H12S/c1-11-4-6-13(7-5-11)15-10-12-3-2-8-14-9-12;1-4-10(2)9-13-12-7-5-11(3)6-8-12;1-3-4-9-12-11-7-5-10(2)6-8-11;1-3-10-9-6-4-8(2)5-7-9/h2-9H,10H2,1H3;4-8H,1-2,9H2,3H3;3-8H,9H2,1-2H3;4-7H,3H2,1-2H3/b;;4-3+;. The zero-order valence-electron chi connectivity index (χ0n) is 30.6. The molecule has 0 spiro atoms. The van der Waals surface area contributed by atoms with Crippen LogP contribution in [-0.4, -0.2) is 23.1 Å². The highest BCUT2D eigenvalue weighted by Gasteiger charge is 1.96. The van der Waals surface area contributed by atoms with E-state index in [1.807, 2.05) is 97.7 Å². The Balaban J connectivity index is 0.000000234. The van der Waals surface area contributed by atoms with Crippen molar-refractivity contribution >= 4 is 23.5 Å². The van der Waals surface area contributed by atoms with Crippen LogP contribution in [-0.2, 0) is 6.61 Å². The van der Waals surface area contributed by atoms with Crippen molar-refractivity contribution in [1.82, 2.24) is 4.98 Å². The molecule has 5 rings (SSSR count). The molecule has 0 saturated carbocycles. The van der Waals surface area contributed by atoms with Gasteiger partial charge in [-0.2, -0.15) is 0 Å². The van der Waals surface area contributed by atoms with Crippen LogP contribution in [0.5, 0.6) is 11.5 Å². The molecule has 0 amide bonds. The van der Waals surface area contributed by atoms with E-state index in [0.29, 0.717) is 13.2 Å². The number of pyridine rings is 1. The summed E-state index contributed by atoms with van der Waals surface area (Å²) in [6.07, 6.45) is 9.35. The van der Waals surface area contributed by atoms with Crippen molar-refractivity contribution in [1.29, 1.82) is 0 Å². The van der Waals surface area contributed by atoms with Gasteiger partial charge in [0.2, 0.25) is 0 Å². The number of hydrogen-bond acceptors (Lipinski definition) is 5. The van der Waals surface area contributed by atoms with E-state index in [9.17, 15) is 0 Å². The summed E-state index contributed by atoms with van der Waals surface area (Å²) in [5, 5.41) is 0. The van der Waals surface area contributed by atoms with E-state index in [2.05, 4.69) is 101 Å². The molecular weight excluding hydrogens is 651 g/mol. The summed E-state index contributed by atoms with van der Waals surface area (Å²) in [4.78, 5) is 6.69. The molecule has 50 heavy (non-hydrogen) atoms. The van der Waals surface area contributed by atoms with Crippen molar-refractivity contribution in [3.8, 4) is 11.5 Å². The maximum atomic E-state index is 5.61. The van der Waals surface area contributed by atoms with Crippen LogP contribution in [0.25, 0.3) is 0 Å². The van der Waals surface area contributed by atoms with Gasteiger partial charge in [0.15, 0.2) is 0 Å². The second kappa shape index (κ2) is 25.5. The average Bonchev–Trinajstić information content (AvgIpc) is 3.14. The maximum absolute atomic E-state index is 5.61. The molecule has 3 nitrogen and oxygen atoms in total. The Bertz CT molecular complexity index is 1650. The molecule has 5 heteroatoms. The number of aromatic nitrogens is 1. The van der Waals surface area contributed by atoms with Gasteiger partial charge in [-0.25, -0.2) is 0 Å². The van der Waals surface area contributed by atoms with Crippen LogP contribution in [0.1, 0.15) is 41.7 Å². The number of aryl methyl sites for hydroxylation is 4. The first-order valence-corrected chi connectivity index (χ1v) is 18.8. The van der Waals surface area contributed by atoms with Crippen LogP contribution in [0.3, 0.4) is 0 Å². The summed E-state index contributed by atoms with van der Waals surface area (Å²) in [7, 11) is 0. The molecule has 0 aliphatic rings. The van der Waals surface area contributed by atoms with Gasteiger partial charge < -0.3 is 9.47 Å². The van der Waals surface area contributed by atoms with E-state index in [0.717, 1.165) is 34.1 Å². The van der Waals surface area contributed by atoms with Crippen molar-refractivity contribution in [2.24, 2.45) is 0 Å². The minimum Gasteiger partial charge on any atom is -0.490 e. The highest BCUT2D eigenvalue weighted by atomic mass is 32.2. The second-order valence-electron chi connectivity index (χ2n) is 11.4. The van der Waals surface area contributed by atoms with Gasteiger partial charge in [-0.15, -0.1) is 23.5 Å². The smallest absolute Gasteiger partial charge is 0.119 e. The van der Waals surface area contributed by atoms with Crippen LogP contribution in [0.2, 0.25) is 0 Å². The molecule has 0 bridgehead atoms. The number of ether oxygens (including phenoxy) is 2. The normalized spacial score (nSPS) is 9.96. The first-order valence-electron chi connectivity index (χ1n) is 16.8. The van der Waals surface area contributed by atoms with E-state index < -0.39 is 0 Å². The third kappa shape index (κ3) is 19.5. The van der Waals surface area contributed by atoms with Crippen LogP contribution in [0.4, 0.5) is 0 Å². The molecule has 0 N–H and O–H groups in total. The lowest BCUT2D eigenvalue weighted by molar-refractivity contribution is 0.305. The fourth-order valence-corrected chi connectivity index (χ4v) is 5.29. The van der Waals surface area contributed by atoms with Gasteiger partial charge >= 0.3 is 0 Å². The maximum Gasteiger partial charge on any atom is 0.119 e. The molecule has 5 aromatic rings. The van der Waals surface area contributed by atoms with E-state index in [1.165, 1.54) is 32.0 Å². The summed E-state index contributed by atoms with van der Waals surface area (Å²) in [6.45, 7) is 21.2. The van der Waals surface area contributed by atoms with Crippen LogP contribution in [0.15, 0.2) is 168 Å². The molecule has 1 heterocycles. The minimum absolute atomic E-state index is 0.566. The summed E-state index contributed by atoms with van der Waals surface area (Å²) < 4.78 is 11.0. The number of hydrogen-bond donors (Lipinski definition) is 0. The number of benzene rings is 4. The van der Waals surface area contributed by atoms with Crippen molar-refractivity contribution in [2.75, 3.05) is 18.1 Å². The Morgan fingerprint density at radius 1 is 0.680 bits per heavy atom. The molecule has 0 aliphatic carbocycles. The first kappa shape index (κ1) is 41.7. The van der Waals surface area contributed by atoms with Crippen molar-refractivity contribution in [3.63, 3.8) is 0 Å². The first-order chi connectivity index (χ1) is 24.2. The molecule has 0 radical (unpaired) electrons. The van der Waals surface area contributed by atoms with E-state index in [1.54, 1.807) is 24.0 Å². The lowest BCUT2D eigenvalue weighted by Crippen LogP contribution is -1.95. The summed E-state index contributed by atoms with van der Waals surface area (Å²) >= 11 is 3.68. The Hall–Kier alpha value is -4.45. The summed E-state index contributed by atoms with van der Waals surface area (Å²) in [6, 6.07) is 37.2. The number of thioether (sulfide) groups is 2. The summed E-state index contributed by atoms with van der Waals surface area (Å²) in [5.74, 6) is 3.90. The Morgan fingerprint density at radius 3 is 1.60 bits per heavy atom. The van der Waals surface area contributed by atoms with E-state index in [-0.39, 0.29) is 0 Å². The second-order valence-corrected chi connectivity index (χ2v) is 13.8. The summed E-state index contributed by atoms with van der Waals surface area (Å²) in [5.41, 5.74) is 7.29. The van der Waals surface area contributed by atoms with Gasteiger partial charge in [-0.05, 0) is 101 Å². The number of rotatable bonds is 12. The molecule has 4 aromatic carbocycles. The largest absolute Gasteiger partial charge is 0.490 e. The third-order valence-corrected chi connectivity index (χ3v) is 8.83. The van der Waals surface area contributed by atoms with Gasteiger partial charge in [0, 0.05) is 33.5 Å². The molecule has 0 aliphatic heterocycles. The molecule has 262 valence electrons. The van der Waals surface area contributed by atoms with Crippen molar-refractivity contribution in [2.45, 2.75) is 57.9 Å². The minimum atomic E-state index is 0.566. The lowest BCUT2D eigenvalue weighted by Gasteiger charge is -2.05. The molecule has 1 aromatic heterocycles. The molecule has 0 saturated heterocycles. The molecule has 0 fully saturated rings. The average molecular weight is 704 g/mol. The SMILES string of the molecule is C/C=C/COc1ccc(C)cc1.C=CC(=C)CSc1ccc(C)cc1.CCSc1ccc(C)cc1.Cc1ccc(OCc2cccnc2)cc1. The van der Waals surface area contributed by atoms with Crippen LogP contribution in [0, 0.1) is 27.7 Å². The Labute approximate surface area is 310 Å². The van der Waals surface area contributed by atoms with Gasteiger partial charge in [-0.1, -0.05) is 115 Å². The monoisotopic (exact) mass is 703 g/mol. The quantitative estimate of drug-likeness (QED) is 0.0733.